The third kappa shape index (κ3) is 4.26. The second kappa shape index (κ2) is 7.41. The van der Waals surface area contributed by atoms with Crippen LogP contribution in [0.1, 0.15) is 21.5 Å². The number of anilines is 1. The van der Waals surface area contributed by atoms with Gasteiger partial charge in [-0.15, -0.1) is 11.3 Å². The number of benzene rings is 2. The summed E-state index contributed by atoms with van der Waals surface area (Å²) in [6, 6.07) is 7.12. The molecular formula is C20H11F6N3OS. The SMILES string of the molecule is O=C(Nc1ccccc1-c1cn2ccsc2n1)c1cc(C(F)(F)F)cc(C(F)(F)F)c1. The van der Waals surface area contributed by atoms with Crippen LogP contribution in [0.3, 0.4) is 0 Å². The highest BCUT2D eigenvalue weighted by atomic mass is 32.1. The first kappa shape index (κ1) is 20.9. The molecule has 1 amide bonds. The van der Waals surface area contributed by atoms with Gasteiger partial charge in [0.15, 0.2) is 4.96 Å². The zero-order valence-electron chi connectivity index (χ0n) is 15.3. The number of alkyl halides is 6. The number of hydrogen-bond acceptors (Lipinski definition) is 3. The summed E-state index contributed by atoms with van der Waals surface area (Å²) in [5, 5.41) is 4.22. The molecule has 31 heavy (non-hydrogen) atoms. The van der Waals surface area contributed by atoms with Gasteiger partial charge in [0.25, 0.3) is 5.91 Å². The lowest BCUT2D eigenvalue weighted by atomic mass is 10.0. The molecule has 4 aromatic rings. The number of nitrogens with one attached hydrogen (secondary N) is 1. The minimum atomic E-state index is -5.05. The molecule has 4 rings (SSSR count). The lowest BCUT2D eigenvalue weighted by molar-refractivity contribution is -0.143. The number of hydrogen-bond donors (Lipinski definition) is 1. The average molecular weight is 455 g/mol. The fraction of sp³-hybridized carbons (Fsp3) is 0.100. The van der Waals surface area contributed by atoms with E-state index < -0.39 is 35.0 Å². The van der Waals surface area contributed by atoms with Gasteiger partial charge in [-0.05, 0) is 24.3 Å². The molecule has 0 atom stereocenters. The molecule has 11 heteroatoms. The van der Waals surface area contributed by atoms with Crippen molar-refractivity contribution in [3.63, 3.8) is 0 Å². The number of fused-ring (bicyclic) bond motifs is 1. The van der Waals surface area contributed by atoms with Gasteiger partial charge < -0.3 is 5.32 Å². The highest BCUT2D eigenvalue weighted by molar-refractivity contribution is 7.15. The molecule has 1 N–H and O–H groups in total. The predicted octanol–water partition coefficient (Wildman–Crippen LogP) is 6.35. The predicted molar refractivity (Wildman–Crippen MR) is 103 cm³/mol. The molecule has 2 aromatic heterocycles. The van der Waals surface area contributed by atoms with Gasteiger partial charge in [0, 0.05) is 28.9 Å². The van der Waals surface area contributed by atoms with Crippen molar-refractivity contribution >= 4 is 27.9 Å². The molecule has 0 radical (unpaired) electrons. The van der Waals surface area contributed by atoms with Crippen molar-refractivity contribution in [2.24, 2.45) is 0 Å². The lowest BCUT2D eigenvalue weighted by Crippen LogP contribution is -2.17. The van der Waals surface area contributed by atoms with Crippen LogP contribution in [0.15, 0.2) is 60.2 Å². The van der Waals surface area contributed by atoms with Gasteiger partial charge >= 0.3 is 12.4 Å². The Labute approximate surface area is 174 Å². The first-order chi connectivity index (χ1) is 14.5. The second-order valence-corrected chi connectivity index (χ2v) is 7.39. The van der Waals surface area contributed by atoms with Crippen LogP contribution in [-0.4, -0.2) is 15.3 Å². The molecule has 2 aromatic carbocycles. The zero-order valence-corrected chi connectivity index (χ0v) is 16.1. The molecule has 0 unspecified atom stereocenters. The molecule has 0 fully saturated rings. The van der Waals surface area contributed by atoms with Gasteiger partial charge in [0.1, 0.15) is 0 Å². The number of aromatic nitrogens is 2. The van der Waals surface area contributed by atoms with Gasteiger partial charge in [0.05, 0.1) is 22.5 Å². The van der Waals surface area contributed by atoms with E-state index in [9.17, 15) is 31.1 Å². The van der Waals surface area contributed by atoms with Crippen molar-refractivity contribution in [1.29, 1.82) is 0 Å². The highest BCUT2D eigenvalue weighted by Gasteiger charge is 2.37. The van der Waals surface area contributed by atoms with Crippen LogP contribution in [0.25, 0.3) is 16.2 Å². The Morgan fingerprint density at radius 3 is 2.23 bits per heavy atom. The average Bonchev–Trinajstić information content (AvgIpc) is 3.29. The first-order valence-corrected chi connectivity index (χ1v) is 9.53. The number of carbonyl (C=O) groups excluding carboxylic acids is 1. The maximum Gasteiger partial charge on any atom is 0.416 e. The van der Waals surface area contributed by atoms with Gasteiger partial charge in [-0.25, -0.2) is 4.98 Å². The summed E-state index contributed by atoms with van der Waals surface area (Å²) in [5.74, 6) is -1.11. The van der Waals surface area contributed by atoms with Crippen LogP contribution in [0, 0.1) is 0 Å². The van der Waals surface area contributed by atoms with Crippen LogP contribution in [0.4, 0.5) is 32.0 Å². The standard InChI is InChI=1S/C20H11F6N3OS/c21-19(22,23)12-7-11(8-13(9-12)20(24,25)26)17(30)27-15-4-2-1-3-14(15)16-10-29-5-6-31-18(29)28-16/h1-10H,(H,27,30). The van der Waals surface area contributed by atoms with E-state index >= 15 is 0 Å². The summed E-state index contributed by atoms with van der Waals surface area (Å²) in [6.45, 7) is 0. The smallest absolute Gasteiger partial charge is 0.321 e. The molecular weight excluding hydrogens is 444 g/mol. The summed E-state index contributed by atoms with van der Waals surface area (Å²) < 4.78 is 80.2. The normalized spacial score (nSPS) is 12.3. The number of thiazole rings is 1. The van der Waals surface area contributed by atoms with E-state index in [1.807, 2.05) is 5.38 Å². The Bertz CT molecular complexity index is 1210. The minimum absolute atomic E-state index is 0.0252. The molecule has 0 saturated heterocycles. The third-order valence-corrected chi connectivity index (χ3v) is 5.17. The highest BCUT2D eigenvalue weighted by Crippen LogP contribution is 2.37. The van der Waals surface area contributed by atoms with Gasteiger partial charge in [-0.1, -0.05) is 18.2 Å². The maximum atomic E-state index is 13.1. The van der Waals surface area contributed by atoms with Crippen LogP contribution < -0.4 is 5.32 Å². The number of imidazole rings is 1. The Morgan fingerprint density at radius 2 is 1.61 bits per heavy atom. The fourth-order valence-corrected chi connectivity index (χ4v) is 3.65. The van der Waals surface area contributed by atoms with Crippen molar-refractivity contribution < 1.29 is 31.1 Å². The largest absolute Gasteiger partial charge is 0.416 e. The van der Waals surface area contributed by atoms with E-state index in [2.05, 4.69) is 10.3 Å². The number of rotatable bonds is 3. The lowest BCUT2D eigenvalue weighted by Gasteiger charge is -2.15. The van der Waals surface area contributed by atoms with Crippen LogP contribution in [-0.2, 0) is 12.4 Å². The monoisotopic (exact) mass is 455 g/mol. The second-order valence-electron chi connectivity index (χ2n) is 6.51. The van der Waals surface area contributed by atoms with E-state index in [1.54, 1.807) is 35.0 Å². The van der Waals surface area contributed by atoms with E-state index in [1.165, 1.54) is 17.4 Å². The third-order valence-electron chi connectivity index (χ3n) is 4.39. The van der Waals surface area contributed by atoms with E-state index in [0.29, 0.717) is 28.4 Å². The summed E-state index contributed by atoms with van der Waals surface area (Å²) in [5.41, 5.74) is -2.73. The van der Waals surface area contributed by atoms with Gasteiger partial charge in [0.2, 0.25) is 0 Å². The minimum Gasteiger partial charge on any atom is -0.321 e. The summed E-state index contributed by atoms with van der Waals surface area (Å²) in [4.78, 5) is 17.7. The molecule has 0 aliphatic heterocycles. The van der Waals surface area contributed by atoms with Crippen molar-refractivity contribution in [2.75, 3.05) is 5.32 Å². The molecule has 0 saturated carbocycles. The molecule has 0 aliphatic rings. The summed E-state index contributed by atoms with van der Waals surface area (Å²) in [7, 11) is 0. The van der Waals surface area contributed by atoms with E-state index in [-0.39, 0.29) is 11.8 Å². The Balaban J connectivity index is 1.71. The van der Waals surface area contributed by atoms with Crippen LogP contribution in [0.5, 0.6) is 0 Å². The Hall–Kier alpha value is -3.34. The topological polar surface area (TPSA) is 46.4 Å². The zero-order chi connectivity index (χ0) is 22.4. The van der Waals surface area contributed by atoms with Crippen molar-refractivity contribution in [3.05, 3.63) is 76.9 Å². The maximum absolute atomic E-state index is 13.1. The number of para-hydroxylation sites is 1. The molecule has 4 nitrogen and oxygen atoms in total. The van der Waals surface area contributed by atoms with Crippen molar-refractivity contribution in [2.45, 2.75) is 12.4 Å². The Kier molecular flexibility index (Phi) is 5.00. The van der Waals surface area contributed by atoms with Gasteiger partial charge in [-0.2, -0.15) is 26.3 Å². The fourth-order valence-electron chi connectivity index (χ4n) is 2.95. The number of nitrogens with zero attached hydrogens (tertiary/aromatic N) is 2. The molecule has 0 bridgehead atoms. The Morgan fingerprint density at radius 1 is 0.968 bits per heavy atom. The number of amides is 1. The summed E-state index contributed by atoms with van der Waals surface area (Å²) in [6.07, 6.45) is -6.62. The number of halogens is 6. The quantitative estimate of drug-likeness (QED) is 0.366. The number of carbonyl (C=O) groups is 1. The molecule has 0 aliphatic carbocycles. The van der Waals surface area contributed by atoms with Gasteiger partial charge in [-0.3, -0.25) is 9.20 Å². The summed E-state index contributed by atoms with van der Waals surface area (Å²) >= 11 is 1.38. The first-order valence-electron chi connectivity index (χ1n) is 8.65. The molecule has 160 valence electrons. The van der Waals surface area contributed by atoms with Crippen LogP contribution >= 0.6 is 11.3 Å². The van der Waals surface area contributed by atoms with E-state index in [4.69, 9.17) is 0 Å². The van der Waals surface area contributed by atoms with E-state index in [0.717, 1.165) is 0 Å². The molecule has 0 spiro atoms. The van der Waals surface area contributed by atoms with Crippen molar-refractivity contribution in [1.82, 2.24) is 9.38 Å². The van der Waals surface area contributed by atoms with Crippen LogP contribution in [0.2, 0.25) is 0 Å². The molecule has 2 heterocycles. The van der Waals surface area contributed by atoms with Crippen molar-refractivity contribution in [3.8, 4) is 11.3 Å².